The molecule has 0 saturated heterocycles. The van der Waals surface area contributed by atoms with Gasteiger partial charge in [0.15, 0.2) is 0 Å². The van der Waals surface area contributed by atoms with E-state index in [2.05, 4.69) is 25.7 Å². The Bertz CT molecular complexity index is 30.4. The van der Waals surface area contributed by atoms with E-state index in [-0.39, 0.29) is 40.1 Å². The third kappa shape index (κ3) is 9.06. The monoisotopic (exact) mass is 204 g/mol. The average molecular weight is 204 g/mol. The molecule has 0 aromatic rings. The molecule has 0 spiro atoms. The predicted octanol–water partition coefficient (Wildman–Crippen LogP) is 1.61. The fourth-order valence-electron chi connectivity index (χ4n) is 0.428. The van der Waals surface area contributed by atoms with Crippen LogP contribution in [0, 0.1) is 13.8 Å². The van der Waals surface area contributed by atoms with Crippen molar-refractivity contribution in [2.24, 2.45) is 0 Å². The standard InChI is InChI=1S/C6H13N.CH4.Y/c1-4-7(5-2)6-3;;/h1-2,4-6H2,3H3;1H4;/q-2;;. The minimum Gasteiger partial charge on any atom is -0.363 e. The van der Waals surface area contributed by atoms with Crippen LogP contribution in [0.3, 0.4) is 0 Å². The summed E-state index contributed by atoms with van der Waals surface area (Å²) in [5.74, 6) is 0. The van der Waals surface area contributed by atoms with Crippen LogP contribution < -0.4 is 0 Å². The van der Waals surface area contributed by atoms with Crippen LogP contribution in [0.1, 0.15) is 14.4 Å². The molecule has 1 nitrogen and oxygen atoms in total. The molecule has 0 rings (SSSR count). The Balaban J connectivity index is -0.000000180. The van der Waals surface area contributed by atoms with Gasteiger partial charge in [-0.25, -0.2) is 0 Å². The summed E-state index contributed by atoms with van der Waals surface area (Å²) in [6.07, 6.45) is 0. The third-order valence-corrected chi connectivity index (χ3v) is 1.08. The number of rotatable bonds is 3. The topological polar surface area (TPSA) is 3.24 Å². The van der Waals surface area contributed by atoms with Crippen molar-refractivity contribution >= 4 is 0 Å². The third-order valence-electron chi connectivity index (χ3n) is 1.08. The van der Waals surface area contributed by atoms with E-state index in [1.165, 1.54) is 0 Å². The molecule has 0 bridgehead atoms. The Hall–Kier alpha value is 1.06. The van der Waals surface area contributed by atoms with Crippen molar-refractivity contribution in [1.82, 2.24) is 4.90 Å². The normalized spacial score (nSPS) is 8.00. The summed E-state index contributed by atoms with van der Waals surface area (Å²) < 4.78 is 0. The number of hydrogen-bond donors (Lipinski definition) is 0. The van der Waals surface area contributed by atoms with Gasteiger partial charge in [-0.2, -0.15) is 0 Å². The Labute approximate surface area is 85.1 Å². The van der Waals surface area contributed by atoms with E-state index in [0.717, 1.165) is 19.6 Å². The van der Waals surface area contributed by atoms with Crippen molar-refractivity contribution in [3.05, 3.63) is 13.8 Å². The SMILES string of the molecule is C.[CH2-]CN(C[CH2-])CC.[Y]. The molecule has 0 fully saturated rings. The molecule has 0 aliphatic rings. The predicted molar refractivity (Wildman–Crippen MR) is 39.6 cm³/mol. The molecule has 0 N–H and O–H groups in total. The average Bonchev–Trinajstić information content (AvgIpc) is 1.72. The molecular formula is C7H17NY-2. The van der Waals surface area contributed by atoms with Gasteiger partial charge in [0.2, 0.25) is 0 Å². The fraction of sp³-hybridized carbons (Fsp3) is 0.714. The van der Waals surface area contributed by atoms with Gasteiger partial charge < -0.3 is 18.7 Å². The van der Waals surface area contributed by atoms with E-state index in [0.29, 0.717) is 0 Å². The molecular weight excluding hydrogens is 187 g/mol. The summed E-state index contributed by atoms with van der Waals surface area (Å²) in [6.45, 7) is 12.3. The van der Waals surface area contributed by atoms with Gasteiger partial charge in [0.1, 0.15) is 0 Å². The summed E-state index contributed by atoms with van der Waals surface area (Å²) in [7, 11) is 0. The second-order valence-electron chi connectivity index (χ2n) is 1.43. The quantitative estimate of drug-likeness (QED) is 0.631. The Morgan fingerprint density at radius 3 is 1.56 bits per heavy atom. The molecule has 0 aliphatic carbocycles. The van der Waals surface area contributed by atoms with Crippen molar-refractivity contribution in [3.8, 4) is 0 Å². The van der Waals surface area contributed by atoms with Gasteiger partial charge in [0.25, 0.3) is 0 Å². The zero-order chi connectivity index (χ0) is 5.70. The number of hydrogen-bond acceptors (Lipinski definition) is 1. The molecule has 55 valence electrons. The van der Waals surface area contributed by atoms with Crippen LogP contribution in [-0.4, -0.2) is 24.5 Å². The maximum atomic E-state index is 3.71. The summed E-state index contributed by atoms with van der Waals surface area (Å²) in [5.41, 5.74) is 0. The van der Waals surface area contributed by atoms with Gasteiger partial charge >= 0.3 is 0 Å². The maximum absolute atomic E-state index is 3.71. The first-order valence-corrected chi connectivity index (χ1v) is 2.66. The summed E-state index contributed by atoms with van der Waals surface area (Å²) in [4.78, 5) is 2.15. The van der Waals surface area contributed by atoms with Crippen molar-refractivity contribution < 1.29 is 32.7 Å². The van der Waals surface area contributed by atoms with Crippen LogP contribution in [0.4, 0.5) is 0 Å². The van der Waals surface area contributed by atoms with Crippen molar-refractivity contribution in [1.29, 1.82) is 0 Å². The Morgan fingerprint density at radius 1 is 1.22 bits per heavy atom. The van der Waals surface area contributed by atoms with E-state index in [4.69, 9.17) is 0 Å². The van der Waals surface area contributed by atoms with E-state index < -0.39 is 0 Å². The molecule has 0 aromatic heterocycles. The molecule has 9 heavy (non-hydrogen) atoms. The van der Waals surface area contributed by atoms with Crippen molar-refractivity contribution in [2.45, 2.75) is 14.4 Å². The van der Waals surface area contributed by atoms with Gasteiger partial charge in [-0.3, -0.25) is 0 Å². The van der Waals surface area contributed by atoms with Crippen LogP contribution in [0.15, 0.2) is 0 Å². The zero-order valence-electron chi connectivity index (χ0n) is 5.56. The summed E-state index contributed by atoms with van der Waals surface area (Å²) in [6, 6.07) is 0. The van der Waals surface area contributed by atoms with E-state index in [1.54, 1.807) is 0 Å². The molecule has 0 aliphatic heterocycles. The van der Waals surface area contributed by atoms with E-state index >= 15 is 0 Å². The van der Waals surface area contributed by atoms with Crippen LogP contribution in [0.5, 0.6) is 0 Å². The fourth-order valence-corrected chi connectivity index (χ4v) is 0.428. The summed E-state index contributed by atoms with van der Waals surface area (Å²) in [5, 5.41) is 0. The summed E-state index contributed by atoms with van der Waals surface area (Å²) >= 11 is 0. The van der Waals surface area contributed by atoms with Gasteiger partial charge in [-0.1, -0.05) is 14.4 Å². The van der Waals surface area contributed by atoms with Crippen LogP contribution in [0.25, 0.3) is 0 Å². The van der Waals surface area contributed by atoms with Gasteiger partial charge in [0.05, 0.1) is 0 Å². The second kappa shape index (κ2) is 11.8. The van der Waals surface area contributed by atoms with Crippen LogP contribution in [0.2, 0.25) is 0 Å². The second-order valence-corrected chi connectivity index (χ2v) is 1.43. The first kappa shape index (κ1) is 16.6. The minimum atomic E-state index is 0. The van der Waals surface area contributed by atoms with Gasteiger partial charge in [0, 0.05) is 32.7 Å². The largest absolute Gasteiger partial charge is 0.363 e. The molecule has 0 atom stereocenters. The first-order chi connectivity index (χ1) is 3.35. The first-order valence-electron chi connectivity index (χ1n) is 2.66. The van der Waals surface area contributed by atoms with Crippen LogP contribution >= 0.6 is 0 Å². The Morgan fingerprint density at radius 2 is 1.56 bits per heavy atom. The molecule has 0 unspecified atom stereocenters. The molecule has 1 radical (unpaired) electrons. The van der Waals surface area contributed by atoms with Crippen molar-refractivity contribution in [2.75, 3.05) is 19.6 Å². The molecule has 0 saturated carbocycles. The van der Waals surface area contributed by atoms with E-state index in [1.807, 2.05) is 0 Å². The van der Waals surface area contributed by atoms with Crippen molar-refractivity contribution in [3.63, 3.8) is 0 Å². The Kier molecular flexibility index (Phi) is 21.7. The maximum Gasteiger partial charge on any atom is 0 e. The van der Waals surface area contributed by atoms with Gasteiger partial charge in [-0.15, -0.1) is 13.1 Å². The molecule has 2 heteroatoms. The molecule has 0 heterocycles. The smallest absolute Gasteiger partial charge is 0 e. The van der Waals surface area contributed by atoms with E-state index in [9.17, 15) is 0 Å². The number of nitrogens with zero attached hydrogens (tertiary/aromatic N) is 1. The molecule has 0 amide bonds. The minimum absolute atomic E-state index is 0. The zero-order valence-corrected chi connectivity index (χ0v) is 8.40. The van der Waals surface area contributed by atoms with Crippen LogP contribution in [-0.2, 0) is 32.7 Å². The van der Waals surface area contributed by atoms with Gasteiger partial charge in [-0.05, 0) is 6.54 Å². The molecule has 0 aromatic carbocycles.